The predicted molar refractivity (Wildman–Crippen MR) is 64.1 cm³/mol. The van der Waals surface area contributed by atoms with Crippen LogP contribution in [0, 0.1) is 0 Å². The summed E-state index contributed by atoms with van der Waals surface area (Å²) in [5.41, 5.74) is 0.385. The molecular weight excluding hydrogens is 240 g/mol. The van der Waals surface area contributed by atoms with Gasteiger partial charge in [-0.25, -0.2) is 4.79 Å². The molecule has 1 saturated carbocycles. The quantitative estimate of drug-likeness (QED) is 0.760. The fourth-order valence-electron chi connectivity index (χ4n) is 1.89. The number of rotatable bonds is 2. The lowest BCUT2D eigenvalue weighted by molar-refractivity contribution is -0.129. The van der Waals surface area contributed by atoms with Crippen LogP contribution in [-0.4, -0.2) is 17.9 Å². The molecule has 0 bridgehead atoms. The number of benzene rings is 1. The smallest absolute Gasteiger partial charge is 0.338 e. The minimum atomic E-state index is -0.574. The Balaban J connectivity index is 2.03. The molecule has 0 saturated heterocycles. The van der Waals surface area contributed by atoms with Crippen LogP contribution in [0.2, 0.25) is 5.02 Å². The van der Waals surface area contributed by atoms with Gasteiger partial charge in [0.05, 0.1) is 5.56 Å². The topological polar surface area (TPSA) is 43.4 Å². The summed E-state index contributed by atoms with van der Waals surface area (Å²) in [4.78, 5) is 23.3. The van der Waals surface area contributed by atoms with Gasteiger partial charge in [-0.15, -0.1) is 0 Å². The van der Waals surface area contributed by atoms with E-state index in [-0.39, 0.29) is 5.78 Å². The average molecular weight is 253 g/mol. The van der Waals surface area contributed by atoms with Gasteiger partial charge in [0.15, 0.2) is 11.9 Å². The molecule has 1 atom stereocenters. The van der Waals surface area contributed by atoms with Crippen LogP contribution in [-0.2, 0) is 9.53 Å². The highest BCUT2D eigenvalue weighted by atomic mass is 35.5. The van der Waals surface area contributed by atoms with Crippen molar-refractivity contribution in [1.82, 2.24) is 0 Å². The molecule has 90 valence electrons. The molecule has 1 aliphatic carbocycles. The van der Waals surface area contributed by atoms with Crippen molar-refractivity contribution in [2.24, 2.45) is 0 Å². The molecule has 1 aliphatic rings. The number of halogens is 1. The Morgan fingerprint density at radius 3 is 2.88 bits per heavy atom. The molecule has 1 aromatic rings. The van der Waals surface area contributed by atoms with Gasteiger partial charge in [0.25, 0.3) is 0 Å². The third kappa shape index (κ3) is 3.07. The fourth-order valence-corrected chi connectivity index (χ4v) is 2.08. The van der Waals surface area contributed by atoms with Crippen molar-refractivity contribution in [2.45, 2.75) is 31.8 Å². The zero-order chi connectivity index (χ0) is 12.3. The third-order valence-corrected chi connectivity index (χ3v) is 3.04. The van der Waals surface area contributed by atoms with Crippen molar-refractivity contribution >= 4 is 23.4 Å². The molecule has 3 nitrogen and oxygen atoms in total. The highest BCUT2D eigenvalue weighted by Gasteiger charge is 2.26. The molecule has 0 radical (unpaired) electrons. The lowest BCUT2D eigenvalue weighted by Crippen LogP contribution is -2.30. The molecule has 0 aliphatic heterocycles. The Morgan fingerprint density at radius 2 is 2.18 bits per heavy atom. The van der Waals surface area contributed by atoms with E-state index in [0.717, 1.165) is 12.8 Å². The molecule has 0 N–H and O–H groups in total. The van der Waals surface area contributed by atoms with Crippen molar-refractivity contribution in [3.63, 3.8) is 0 Å². The van der Waals surface area contributed by atoms with E-state index in [4.69, 9.17) is 16.3 Å². The zero-order valence-corrected chi connectivity index (χ0v) is 10.1. The van der Waals surface area contributed by atoms with Crippen LogP contribution in [0.15, 0.2) is 24.3 Å². The SMILES string of the molecule is O=C(OC1CCCCC1=O)c1cccc(Cl)c1. The van der Waals surface area contributed by atoms with Gasteiger partial charge in [0.1, 0.15) is 0 Å². The average Bonchev–Trinajstić information content (AvgIpc) is 2.32. The summed E-state index contributed by atoms with van der Waals surface area (Å²) in [6.07, 6.45) is 2.39. The Kier molecular flexibility index (Phi) is 3.79. The van der Waals surface area contributed by atoms with E-state index < -0.39 is 12.1 Å². The van der Waals surface area contributed by atoms with Crippen LogP contribution < -0.4 is 0 Å². The van der Waals surface area contributed by atoms with Gasteiger partial charge >= 0.3 is 5.97 Å². The second-order valence-electron chi connectivity index (χ2n) is 4.12. The van der Waals surface area contributed by atoms with Crippen LogP contribution in [0.4, 0.5) is 0 Å². The molecule has 0 heterocycles. The summed E-state index contributed by atoms with van der Waals surface area (Å²) in [5, 5.41) is 0.481. The first-order valence-corrected chi connectivity index (χ1v) is 6.04. The number of carbonyl (C=O) groups excluding carboxylic acids is 2. The minimum absolute atomic E-state index is 0.0200. The first kappa shape index (κ1) is 12.1. The van der Waals surface area contributed by atoms with Crippen molar-refractivity contribution in [2.75, 3.05) is 0 Å². The normalized spacial score (nSPS) is 20.1. The van der Waals surface area contributed by atoms with Gasteiger partial charge in [0.2, 0.25) is 0 Å². The molecular formula is C13H13ClO3. The molecule has 17 heavy (non-hydrogen) atoms. The molecule has 0 aromatic heterocycles. The monoisotopic (exact) mass is 252 g/mol. The highest BCUT2D eigenvalue weighted by molar-refractivity contribution is 6.30. The van der Waals surface area contributed by atoms with Crippen molar-refractivity contribution in [3.8, 4) is 0 Å². The summed E-state index contributed by atoms with van der Waals surface area (Å²) in [5.74, 6) is -0.459. The van der Waals surface area contributed by atoms with Gasteiger partial charge < -0.3 is 4.74 Å². The maximum absolute atomic E-state index is 11.8. The zero-order valence-electron chi connectivity index (χ0n) is 9.32. The molecule has 4 heteroatoms. The Morgan fingerprint density at radius 1 is 1.35 bits per heavy atom. The lowest BCUT2D eigenvalue weighted by Gasteiger charge is -2.20. The van der Waals surface area contributed by atoms with Gasteiger partial charge in [-0.2, -0.15) is 0 Å². The van der Waals surface area contributed by atoms with Crippen molar-refractivity contribution in [1.29, 1.82) is 0 Å². The number of carbonyl (C=O) groups is 2. The maximum atomic E-state index is 11.8. The minimum Gasteiger partial charge on any atom is -0.451 e. The van der Waals surface area contributed by atoms with E-state index in [2.05, 4.69) is 0 Å². The van der Waals surface area contributed by atoms with Crippen LogP contribution in [0.5, 0.6) is 0 Å². The predicted octanol–water partition coefficient (Wildman–Crippen LogP) is 3.01. The van der Waals surface area contributed by atoms with Crippen molar-refractivity contribution < 1.29 is 14.3 Å². The maximum Gasteiger partial charge on any atom is 0.338 e. The molecule has 1 unspecified atom stereocenters. The summed E-state index contributed by atoms with van der Waals surface area (Å²) >= 11 is 5.79. The number of hydrogen-bond acceptors (Lipinski definition) is 3. The van der Waals surface area contributed by atoms with Gasteiger partial charge in [0, 0.05) is 11.4 Å². The van der Waals surface area contributed by atoms with E-state index >= 15 is 0 Å². The standard InChI is InChI=1S/C13H13ClO3/c14-10-5-3-4-9(8-10)13(16)17-12-7-2-1-6-11(12)15/h3-5,8,12H,1-2,6-7H2. The van der Waals surface area contributed by atoms with Crippen LogP contribution >= 0.6 is 11.6 Å². The Labute approximate surface area is 105 Å². The lowest BCUT2D eigenvalue weighted by atomic mass is 9.96. The van der Waals surface area contributed by atoms with E-state index in [9.17, 15) is 9.59 Å². The number of ketones is 1. The Bertz CT molecular complexity index is 442. The number of Topliss-reactive ketones (excluding diaryl/α,β-unsaturated/α-hetero) is 1. The number of hydrogen-bond donors (Lipinski definition) is 0. The molecule has 2 rings (SSSR count). The summed E-state index contributed by atoms with van der Waals surface area (Å²) in [7, 11) is 0. The number of esters is 1. The Hall–Kier alpha value is -1.35. The first-order valence-electron chi connectivity index (χ1n) is 5.66. The number of ether oxygens (including phenoxy) is 1. The van der Waals surface area contributed by atoms with Crippen LogP contribution in [0.1, 0.15) is 36.0 Å². The third-order valence-electron chi connectivity index (χ3n) is 2.81. The molecule has 0 amide bonds. The second kappa shape index (κ2) is 5.32. The van der Waals surface area contributed by atoms with Crippen LogP contribution in [0.25, 0.3) is 0 Å². The van der Waals surface area contributed by atoms with Gasteiger partial charge in [-0.05, 0) is 37.5 Å². The molecule has 1 aromatic carbocycles. The summed E-state index contributed by atoms with van der Waals surface area (Å²) in [6.45, 7) is 0. The van der Waals surface area contributed by atoms with Crippen LogP contribution in [0.3, 0.4) is 0 Å². The summed E-state index contributed by atoms with van der Waals surface area (Å²) in [6, 6.07) is 6.53. The van der Waals surface area contributed by atoms with E-state index in [1.165, 1.54) is 6.07 Å². The second-order valence-corrected chi connectivity index (χ2v) is 4.55. The van der Waals surface area contributed by atoms with E-state index in [1.807, 2.05) is 0 Å². The largest absolute Gasteiger partial charge is 0.451 e. The van der Waals surface area contributed by atoms with E-state index in [1.54, 1.807) is 18.2 Å². The van der Waals surface area contributed by atoms with Gasteiger partial charge in [-0.3, -0.25) is 4.79 Å². The van der Waals surface area contributed by atoms with Crippen molar-refractivity contribution in [3.05, 3.63) is 34.9 Å². The van der Waals surface area contributed by atoms with Gasteiger partial charge in [-0.1, -0.05) is 17.7 Å². The fraction of sp³-hybridized carbons (Fsp3) is 0.385. The first-order chi connectivity index (χ1) is 8.16. The molecule has 1 fully saturated rings. The highest BCUT2D eigenvalue weighted by Crippen LogP contribution is 2.19. The molecule has 0 spiro atoms. The summed E-state index contributed by atoms with van der Waals surface area (Å²) < 4.78 is 5.20. The van der Waals surface area contributed by atoms with E-state index in [0.29, 0.717) is 23.4 Å².